The lowest BCUT2D eigenvalue weighted by Gasteiger charge is -2.29. The summed E-state index contributed by atoms with van der Waals surface area (Å²) < 4.78 is 5.53. The molecule has 0 saturated carbocycles. The minimum Gasteiger partial charge on any atom is -0.378 e. The highest BCUT2D eigenvalue weighted by molar-refractivity contribution is 7.80. The number of benzene rings is 1. The van der Waals surface area contributed by atoms with E-state index in [-0.39, 0.29) is 0 Å². The maximum Gasteiger partial charge on any atom is 0.162 e. The molecule has 1 aromatic carbocycles. The fourth-order valence-corrected chi connectivity index (χ4v) is 3.77. The van der Waals surface area contributed by atoms with Crippen molar-refractivity contribution in [3.63, 3.8) is 0 Å². The molecule has 1 N–H and O–H groups in total. The quantitative estimate of drug-likeness (QED) is 0.304. The Morgan fingerprint density at radius 3 is 2.79 bits per heavy atom. The van der Waals surface area contributed by atoms with Crippen LogP contribution in [0.25, 0.3) is 28.4 Å². The number of aliphatic imine (C=N–C) groups is 1. The van der Waals surface area contributed by atoms with Crippen molar-refractivity contribution < 1.29 is 4.74 Å². The summed E-state index contributed by atoms with van der Waals surface area (Å²) in [5.74, 6) is 1.46. The molecule has 1 fully saturated rings. The van der Waals surface area contributed by atoms with Crippen LogP contribution in [0.15, 0.2) is 63.8 Å². The molecule has 0 bridgehead atoms. The number of aromatic nitrogens is 4. The Morgan fingerprint density at radius 2 is 2.00 bits per heavy atom. The van der Waals surface area contributed by atoms with E-state index in [1.54, 1.807) is 0 Å². The van der Waals surface area contributed by atoms with Gasteiger partial charge in [0, 0.05) is 36.5 Å². The SMILES string of the molecule is C\C=C(C)/C=N\C=C(C)\C=C\c1nc(-c2cccc3[nH]ncc23)nc(N2CCOCC2)c1S. The van der Waals surface area contributed by atoms with E-state index in [0.29, 0.717) is 19.0 Å². The Labute approximate surface area is 199 Å². The van der Waals surface area contributed by atoms with Gasteiger partial charge in [0.05, 0.1) is 35.5 Å². The van der Waals surface area contributed by atoms with Gasteiger partial charge >= 0.3 is 0 Å². The molecule has 1 aliphatic rings. The molecular weight excluding hydrogens is 432 g/mol. The van der Waals surface area contributed by atoms with Gasteiger partial charge in [0.1, 0.15) is 5.82 Å². The van der Waals surface area contributed by atoms with Crippen LogP contribution in [0.4, 0.5) is 5.82 Å². The smallest absolute Gasteiger partial charge is 0.162 e. The summed E-state index contributed by atoms with van der Waals surface area (Å²) in [5.41, 5.74) is 4.76. The monoisotopic (exact) mass is 460 g/mol. The molecule has 3 heterocycles. The number of allylic oxidation sites excluding steroid dienone is 4. The van der Waals surface area contributed by atoms with Gasteiger partial charge in [0.15, 0.2) is 5.82 Å². The lowest BCUT2D eigenvalue weighted by Crippen LogP contribution is -2.37. The van der Waals surface area contributed by atoms with Crippen molar-refractivity contribution in [2.24, 2.45) is 4.99 Å². The van der Waals surface area contributed by atoms with E-state index in [9.17, 15) is 0 Å². The molecule has 0 atom stereocenters. The van der Waals surface area contributed by atoms with E-state index < -0.39 is 0 Å². The summed E-state index contributed by atoms with van der Waals surface area (Å²) in [7, 11) is 0. The molecular formula is C25H28N6OS. The highest BCUT2D eigenvalue weighted by Crippen LogP contribution is 2.32. The first kappa shape index (κ1) is 22.9. The summed E-state index contributed by atoms with van der Waals surface area (Å²) in [4.78, 5) is 17.1. The Bertz CT molecular complexity index is 1250. The number of fused-ring (bicyclic) bond motifs is 1. The molecule has 0 spiro atoms. The molecule has 8 heteroatoms. The lowest BCUT2D eigenvalue weighted by molar-refractivity contribution is 0.122. The van der Waals surface area contributed by atoms with E-state index in [0.717, 1.165) is 57.1 Å². The van der Waals surface area contributed by atoms with Gasteiger partial charge in [-0.1, -0.05) is 24.3 Å². The Balaban J connectivity index is 1.76. The summed E-state index contributed by atoms with van der Waals surface area (Å²) in [6.45, 7) is 8.89. The Morgan fingerprint density at radius 1 is 1.18 bits per heavy atom. The van der Waals surface area contributed by atoms with Gasteiger partial charge in [-0.2, -0.15) is 5.10 Å². The number of aromatic amines is 1. The van der Waals surface area contributed by atoms with E-state index in [4.69, 9.17) is 27.3 Å². The summed E-state index contributed by atoms with van der Waals surface area (Å²) in [6, 6.07) is 5.99. The first-order chi connectivity index (χ1) is 16.1. The highest BCUT2D eigenvalue weighted by atomic mass is 32.1. The number of morpholine rings is 1. The van der Waals surface area contributed by atoms with Gasteiger partial charge < -0.3 is 9.64 Å². The van der Waals surface area contributed by atoms with Gasteiger partial charge in [-0.15, -0.1) is 12.6 Å². The number of anilines is 1. The van der Waals surface area contributed by atoms with Crippen molar-refractivity contribution >= 4 is 41.6 Å². The first-order valence-electron chi connectivity index (χ1n) is 10.9. The Hall–Kier alpha value is -3.23. The van der Waals surface area contributed by atoms with Crippen molar-refractivity contribution in [3.05, 3.63) is 59.6 Å². The topological polar surface area (TPSA) is 79.3 Å². The van der Waals surface area contributed by atoms with Crippen LogP contribution < -0.4 is 4.90 Å². The van der Waals surface area contributed by atoms with Crippen molar-refractivity contribution in [2.45, 2.75) is 25.7 Å². The number of hydrogen-bond acceptors (Lipinski definition) is 7. The zero-order valence-corrected chi connectivity index (χ0v) is 20.0. The normalized spacial score (nSPS) is 15.9. The third-order valence-electron chi connectivity index (χ3n) is 5.44. The van der Waals surface area contributed by atoms with Crippen LogP contribution in [0, 0.1) is 0 Å². The van der Waals surface area contributed by atoms with E-state index in [2.05, 4.69) is 20.1 Å². The average molecular weight is 461 g/mol. The van der Waals surface area contributed by atoms with Gasteiger partial charge in [-0.3, -0.25) is 10.1 Å². The number of rotatable bonds is 6. The van der Waals surface area contributed by atoms with Crippen LogP contribution in [0.1, 0.15) is 26.5 Å². The molecule has 3 aromatic rings. The molecule has 170 valence electrons. The zero-order valence-electron chi connectivity index (χ0n) is 19.1. The van der Waals surface area contributed by atoms with Crippen molar-refractivity contribution in [3.8, 4) is 11.4 Å². The van der Waals surface area contributed by atoms with Crippen LogP contribution in [-0.4, -0.2) is 52.7 Å². The summed E-state index contributed by atoms with van der Waals surface area (Å²) in [5, 5.41) is 8.19. The molecule has 4 rings (SSSR count). The molecule has 7 nitrogen and oxygen atoms in total. The maximum atomic E-state index is 5.53. The first-order valence-corrected chi connectivity index (χ1v) is 11.4. The summed E-state index contributed by atoms with van der Waals surface area (Å²) >= 11 is 4.82. The lowest BCUT2D eigenvalue weighted by atomic mass is 10.1. The molecule has 2 aromatic heterocycles. The third-order valence-corrected chi connectivity index (χ3v) is 5.87. The molecule has 33 heavy (non-hydrogen) atoms. The maximum absolute atomic E-state index is 5.53. The minimum atomic E-state index is 0.643. The van der Waals surface area contributed by atoms with Gasteiger partial charge in [-0.25, -0.2) is 9.97 Å². The molecule has 0 radical (unpaired) electrons. The predicted octanol–water partition coefficient (Wildman–Crippen LogP) is 5.10. The second kappa shape index (κ2) is 10.6. The van der Waals surface area contributed by atoms with Gasteiger partial charge in [-0.05, 0) is 44.1 Å². The van der Waals surface area contributed by atoms with E-state index >= 15 is 0 Å². The van der Waals surface area contributed by atoms with Crippen LogP contribution in [0.3, 0.4) is 0 Å². The number of ether oxygens (including phenoxy) is 1. The van der Waals surface area contributed by atoms with Gasteiger partial charge in [0.2, 0.25) is 0 Å². The standard InChI is InChI=1S/C25H28N6OS/c1-4-17(2)14-26-15-18(3)8-9-22-23(33)25(31-10-12-32-13-11-31)29-24(28-22)19-6-5-7-21-20(19)16-27-30-21/h4-9,14-16,33H,10-13H2,1-3H3,(H,27,30)/b9-8+,17-4-,18-15+,26-14-. The third kappa shape index (κ3) is 5.40. The number of nitrogens with one attached hydrogen (secondary N) is 1. The largest absolute Gasteiger partial charge is 0.378 e. The van der Waals surface area contributed by atoms with Crippen LogP contribution in [-0.2, 0) is 4.74 Å². The molecule has 1 saturated heterocycles. The molecule has 0 aliphatic carbocycles. The molecule has 0 amide bonds. The predicted molar refractivity (Wildman–Crippen MR) is 138 cm³/mol. The summed E-state index contributed by atoms with van der Waals surface area (Å²) in [6.07, 6.45) is 11.5. The molecule has 1 aliphatic heterocycles. The van der Waals surface area contributed by atoms with Gasteiger partial charge in [0.25, 0.3) is 0 Å². The fraction of sp³-hybridized carbons (Fsp3) is 0.280. The molecule has 0 unspecified atom stereocenters. The number of H-pyrrole nitrogens is 1. The van der Waals surface area contributed by atoms with Crippen LogP contribution in [0.5, 0.6) is 0 Å². The number of thiol groups is 1. The second-order valence-corrected chi connectivity index (χ2v) is 8.31. The number of nitrogens with zero attached hydrogens (tertiary/aromatic N) is 5. The average Bonchev–Trinajstić information content (AvgIpc) is 3.33. The van der Waals surface area contributed by atoms with Crippen LogP contribution >= 0.6 is 12.6 Å². The second-order valence-electron chi connectivity index (χ2n) is 7.86. The highest BCUT2D eigenvalue weighted by Gasteiger charge is 2.20. The minimum absolute atomic E-state index is 0.643. The van der Waals surface area contributed by atoms with Crippen molar-refractivity contribution in [2.75, 3.05) is 31.2 Å². The van der Waals surface area contributed by atoms with Crippen molar-refractivity contribution in [1.29, 1.82) is 0 Å². The number of hydrogen-bond donors (Lipinski definition) is 2. The van der Waals surface area contributed by atoms with Crippen LogP contribution in [0.2, 0.25) is 0 Å². The zero-order chi connectivity index (χ0) is 23.2. The van der Waals surface area contributed by atoms with E-state index in [1.807, 2.05) is 75.8 Å². The van der Waals surface area contributed by atoms with E-state index in [1.165, 1.54) is 0 Å². The Kier molecular flexibility index (Phi) is 7.36. The fourth-order valence-electron chi connectivity index (χ4n) is 3.46. The van der Waals surface area contributed by atoms with Crippen molar-refractivity contribution in [1.82, 2.24) is 20.2 Å².